The molecule has 2 saturated heterocycles. The summed E-state index contributed by atoms with van der Waals surface area (Å²) in [5, 5.41) is 2.96. The summed E-state index contributed by atoms with van der Waals surface area (Å²) in [5.41, 5.74) is 1.47. The Morgan fingerprint density at radius 2 is 1.44 bits per heavy atom. The first kappa shape index (κ1) is 35.0. The molecule has 6 rings (SSSR count). The molecule has 3 aromatic carbocycles. The van der Waals surface area contributed by atoms with Crippen LogP contribution in [0.2, 0.25) is 0 Å². The standard InChI is InChI=1S/C36H35F4N3O3.C2H6/c37-31-9-3-23(18-33(31)39)16-26-20-28(21-27(35(26)44)17-24-4-10-32(38)34(40)19-24)41-36(45)25-5-7-30(8-6-25)46-15-14-42-12-13-43-11-1-2-29(43)22-42;1-2/h3-10,16-19,28-29H,1-2,11-15,20-22H2,(H,41,45);1-2H3/b26-16+,27-17+;. The minimum atomic E-state index is -1.06. The molecule has 1 unspecified atom stereocenters. The lowest BCUT2D eigenvalue weighted by molar-refractivity contribution is -0.113. The molecule has 0 radical (unpaired) electrons. The monoisotopic (exact) mass is 663 g/mol. The van der Waals surface area contributed by atoms with Gasteiger partial charge in [-0.25, -0.2) is 17.6 Å². The Morgan fingerprint density at radius 3 is 2.02 bits per heavy atom. The number of piperazine rings is 1. The van der Waals surface area contributed by atoms with E-state index in [1.54, 1.807) is 24.3 Å². The number of hydrogen-bond donors (Lipinski definition) is 1. The topological polar surface area (TPSA) is 61.9 Å². The van der Waals surface area contributed by atoms with Crippen molar-refractivity contribution in [3.8, 4) is 5.75 Å². The third kappa shape index (κ3) is 8.79. The van der Waals surface area contributed by atoms with Crippen molar-refractivity contribution >= 4 is 23.8 Å². The van der Waals surface area contributed by atoms with E-state index >= 15 is 0 Å². The SMILES string of the molecule is CC.O=C1/C(=C/c2ccc(F)c(F)c2)CC(NC(=O)c2ccc(OCCN3CCN4CCCC4C3)cc2)C/C1=C\c1ccc(F)c(F)c1. The second-order valence-corrected chi connectivity index (χ2v) is 12.1. The minimum Gasteiger partial charge on any atom is -0.492 e. The molecule has 1 amide bonds. The van der Waals surface area contributed by atoms with Crippen LogP contribution in [0.4, 0.5) is 17.6 Å². The molecule has 1 N–H and O–H groups in total. The number of ether oxygens (including phenoxy) is 1. The molecule has 2 aliphatic heterocycles. The largest absolute Gasteiger partial charge is 0.492 e. The van der Waals surface area contributed by atoms with Gasteiger partial charge in [0.25, 0.3) is 5.91 Å². The molecule has 48 heavy (non-hydrogen) atoms. The number of ketones is 1. The van der Waals surface area contributed by atoms with Crippen molar-refractivity contribution < 1.29 is 31.9 Å². The van der Waals surface area contributed by atoms with Crippen LogP contribution in [0.1, 0.15) is 61.0 Å². The van der Waals surface area contributed by atoms with Gasteiger partial charge in [-0.1, -0.05) is 26.0 Å². The van der Waals surface area contributed by atoms with Crippen molar-refractivity contribution in [2.24, 2.45) is 0 Å². The van der Waals surface area contributed by atoms with E-state index in [0.29, 0.717) is 24.0 Å². The zero-order valence-electron chi connectivity index (χ0n) is 27.3. The van der Waals surface area contributed by atoms with E-state index in [-0.39, 0.29) is 46.8 Å². The van der Waals surface area contributed by atoms with E-state index in [1.165, 1.54) is 43.7 Å². The maximum Gasteiger partial charge on any atom is 0.251 e. The average molecular weight is 664 g/mol. The molecule has 1 atom stereocenters. The molecule has 0 aromatic heterocycles. The Labute approximate surface area is 279 Å². The molecular weight excluding hydrogens is 622 g/mol. The Bertz CT molecular complexity index is 1600. The molecule has 1 aliphatic carbocycles. The van der Waals surface area contributed by atoms with Crippen LogP contribution in [0, 0.1) is 23.3 Å². The summed E-state index contributed by atoms with van der Waals surface area (Å²) in [5.74, 6) is -4.22. The second kappa shape index (κ2) is 16.2. The molecule has 3 fully saturated rings. The van der Waals surface area contributed by atoms with E-state index in [9.17, 15) is 27.2 Å². The van der Waals surface area contributed by atoms with Gasteiger partial charge in [0.15, 0.2) is 29.1 Å². The van der Waals surface area contributed by atoms with Gasteiger partial charge in [-0.2, -0.15) is 0 Å². The normalized spacial score (nSPS) is 21.5. The first-order chi connectivity index (χ1) is 23.2. The predicted molar refractivity (Wildman–Crippen MR) is 178 cm³/mol. The number of nitrogens with one attached hydrogen (secondary N) is 1. The Balaban J connectivity index is 0.00000221. The van der Waals surface area contributed by atoms with Crippen molar-refractivity contribution in [2.75, 3.05) is 39.3 Å². The van der Waals surface area contributed by atoms with Gasteiger partial charge in [0.1, 0.15) is 12.4 Å². The molecule has 254 valence electrons. The Morgan fingerprint density at radius 1 is 0.833 bits per heavy atom. The number of benzene rings is 3. The number of rotatable bonds is 8. The Hall–Kier alpha value is -4.28. The van der Waals surface area contributed by atoms with Crippen molar-refractivity contribution in [3.05, 3.63) is 112 Å². The molecule has 2 heterocycles. The van der Waals surface area contributed by atoms with E-state index in [1.807, 2.05) is 13.8 Å². The highest BCUT2D eigenvalue weighted by molar-refractivity contribution is 6.14. The average Bonchev–Trinajstić information content (AvgIpc) is 3.56. The highest BCUT2D eigenvalue weighted by Crippen LogP contribution is 2.30. The lowest BCUT2D eigenvalue weighted by atomic mass is 9.83. The van der Waals surface area contributed by atoms with Crippen molar-refractivity contribution in [3.63, 3.8) is 0 Å². The van der Waals surface area contributed by atoms with Gasteiger partial charge in [-0.05, 0) is 104 Å². The number of amides is 1. The Kier molecular flexibility index (Phi) is 11.8. The summed E-state index contributed by atoms with van der Waals surface area (Å²) in [6.45, 7) is 9.82. The van der Waals surface area contributed by atoms with Gasteiger partial charge in [0.05, 0.1) is 0 Å². The number of nitrogens with zero attached hydrogens (tertiary/aromatic N) is 2. The zero-order chi connectivity index (χ0) is 34.2. The third-order valence-corrected chi connectivity index (χ3v) is 8.88. The summed E-state index contributed by atoms with van der Waals surface area (Å²) < 4.78 is 60.7. The van der Waals surface area contributed by atoms with E-state index in [4.69, 9.17) is 4.74 Å². The molecule has 1 saturated carbocycles. The fraction of sp³-hybridized carbons (Fsp3) is 0.368. The lowest BCUT2D eigenvalue weighted by Crippen LogP contribution is -2.50. The number of Topliss-reactive ketones (excluding diaryl/α,β-unsaturated/α-hetero) is 1. The molecule has 10 heteroatoms. The van der Waals surface area contributed by atoms with Crippen LogP contribution in [0.5, 0.6) is 5.75 Å². The number of carbonyl (C=O) groups is 2. The zero-order valence-corrected chi connectivity index (χ0v) is 27.3. The number of hydrogen-bond acceptors (Lipinski definition) is 5. The summed E-state index contributed by atoms with van der Waals surface area (Å²) in [6.07, 6.45) is 5.70. The fourth-order valence-electron chi connectivity index (χ4n) is 6.47. The first-order valence-corrected chi connectivity index (χ1v) is 16.6. The van der Waals surface area contributed by atoms with Crippen LogP contribution in [0.25, 0.3) is 12.2 Å². The highest BCUT2D eigenvalue weighted by Gasteiger charge is 2.31. The van der Waals surface area contributed by atoms with Crippen LogP contribution in [-0.2, 0) is 4.79 Å². The quantitative estimate of drug-likeness (QED) is 0.207. The second-order valence-electron chi connectivity index (χ2n) is 12.1. The van der Waals surface area contributed by atoms with E-state index < -0.39 is 29.3 Å². The van der Waals surface area contributed by atoms with Crippen LogP contribution in [-0.4, -0.2) is 72.9 Å². The van der Waals surface area contributed by atoms with Crippen LogP contribution in [0.15, 0.2) is 71.8 Å². The highest BCUT2D eigenvalue weighted by atomic mass is 19.2. The van der Waals surface area contributed by atoms with Gasteiger partial charge < -0.3 is 10.1 Å². The summed E-state index contributed by atoms with van der Waals surface area (Å²) >= 11 is 0. The number of carbonyl (C=O) groups excluding carboxylic acids is 2. The smallest absolute Gasteiger partial charge is 0.251 e. The maximum absolute atomic E-state index is 13.9. The lowest BCUT2D eigenvalue weighted by Gasteiger charge is -2.37. The first-order valence-electron chi connectivity index (χ1n) is 16.6. The van der Waals surface area contributed by atoms with Gasteiger partial charge in [0.2, 0.25) is 0 Å². The molecular formula is C38H41F4N3O3. The van der Waals surface area contributed by atoms with E-state index in [0.717, 1.165) is 50.4 Å². The summed E-state index contributed by atoms with van der Waals surface area (Å²) in [4.78, 5) is 31.7. The van der Waals surface area contributed by atoms with E-state index in [2.05, 4.69) is 15.1 Å². The molecule has 0 bridgehead atoms. The third-order valence-electron chi connectivity index (χ3n) is 8.88. The molecule has 0 spiro atoms. The van der Waals surface area contributed by atoms with Crippen LogP contribution < -0.4 is 10.1 Å². The number of fused-ring (bicyclic) bond motifs is 1. The van der Waals surface area contributed by atoms with Gasteiger partial charge in [-0.3, -0.25) is 19.4 Å². The van der Waals surface area contributed by atoms with Crippen molar-refractivity contribution in [1.29, 1.82) is 0 Å². The molecule has 6 nitrogen and oxygen atoms in total. The fourth-order valence-corrected chi connectivity index (χ4v) is 6.47. The maximum atomic E-state index is 13.9. The molecule has 3 aromatic rings. The van der Waals surface area contributed by atoms with Gasteiger partial charge in [-0.15, -0.1) is 0 Å². The predicted octanol–water partition coefficient (Wildman–Crippen LogP) is 7.06. The van der Waals surface area contributed by atoms with Crippen molar-refractivity contribution in [1.82, 2.24) is 15.1 Å². The minimum absolute atomic E-state index is 0.134. The van der Waals surface area contributed by atoms with Crippen LogP contribution >= 0.6 is 0 Å². The summed E-state index contributed by atoms with van der Waals surface area (Å²) in [6, 6.07) is 13.6. The van der Waals surface area contributed by atoms with Crippen molar-refractivity contribution in [2.45, 2.75) is 51.6 Å². The van der Waals surface area contributed by atoms with Crippen LogP contribution in [0.3, 0.4) is 0 Å². The van der Waals surface area contributed by atoms with Gasteiger partial charge in [0, 0.05) is 55.0 Å². The van der Waals surface area contributed by atoms with Gasteiger partial charge >= 0.3 is 0 Å². The summed E-state index contributed by atoms with van der Waals surface area (Å²) in [7, 11) is 0. The number of halogens is 4. The molecule has 3 aliphatic rings.